The molecular formula is C8H6N6. The summed E-state index contributed by atoms with van der Waals surface area (Å²) in [4.78, 5) is 11.7. The molecule has 0 amide bonds. The van der Waals surface area contributed by atoms with E-state index < -0.39 is 0 Å². The molecule has 0 bridgehead atoms. The number of nitrogens with zero attached hydrogens (tertiary/aromatic N) is 5. The van der Waals surface area contributed by atoms with Crippen LogP contribution in [-0.2, 0) is 0 Å². The Bertz CT molecular complexity index is 477. The van der Waals surface area contributed by atoms with Crippen LogP contribution in [0, 0.1) is 11.3 Å². The number of hydrogen-bond donors (Lipinski definition) is 1. The summed E-state index contributed by atoms with van der Waals surface area (Å²) in [6, 6.07) is 1.94. The predicted octanol–water partition coefficient (Wildman–Crippen LogP) is 0.116. The van der Waals surface area contributed by atoms with Gasteiger partial charge in [0.15, 0.2) is 5.82 Å². The molecule has 0 atom stereocenters. The van der Waals surface area contributed by atoms with Crippen LogP contribution in [0.3, 0.4) is 0 Å². The van der Waals surface area contributed by atoms with E-state index in [0.717, 1.165) is 0 Å². The van der Waals surface area contributed by atoms with Gasteiger partial charge in [-0.05, 0) is 0 Å². The Morgan fingerprint density at radius 2 is 2.14 bits per heavy atom. The van der Waals surface area contributed by atoms with E-state index in [2.05, 4.69) is 15.0 Å². The summed E-state index contributed by atoms with van der Waals surface area (Å²) >= 11 is 0. The summed E-state index contributed by atoms with van der Waals surface area (Å²) in [6.07, 6.45) is 6.07. The van der Waals surface area contributed by atoms with Gasteiger partial charge in [-0.2, -0.15) is 5.26 Å². The Morgan fingerprint density at radius 1 is 1.29 bits per heavy atom. The van der Waals surface area contributed by atoms with E-state index in [1.54, 1.807) is 6.20 Å². The van der Waals surface area contributed by atoms with E-state index in [1.165, 1.54) is 23.2 Å². The molecule has 6 nitrogen and oxygen atoms in total. The smallest absolute Gasteiger partial charge is 0.218 e. The Morgan fingerprint density at radius 3 is 2.79 bits per heavy atom. The van der Waals surface area contributed by atoms with Gasteiger partial charge in [-0.25, -0.2) is 15.0 Å². The molecule has 0 aliphatic heterocycles. The highest BCUT2D eigenvalue weighted by Gasteiger charge is 2.04. The van der Waals surface area contributed by atoms with Crippen LogP contribution in [0.4, 0.5) is 5.82 Å². The monoisotopic (exact) mass is 186 g/mol. The molecule has 0 radical (unpaired) electrons. The van der Waals surface area contributed by atoms with Crippen molar-refractivity contribution in [1.82, 2.24) is 19.5 Å². The first kappa shape index (κ1) is 8.19. The molecule has 0 spiro atoms. The molecule has 2 aromatic heterocycles. The molecule has 6 heteroatoms. The number of hydrogen-bond acceptors (Lipinski definition) is 5. The molecule has 2 N–H and O–H groups in total. The lowest BCUT2D eigenvalue weighted by molar-refractivity contribution is 0.951. The van der Waals surface area contributed by atoms with Crippen LogP contribution in [-0.4, -0.2) is 19.5 Å². The molecule has 2 heterocycles. The zero-order valence-electron chi connectivity index (χ0n) is 7.12. The van der Waals surface area contributed by atoms with Crippen molar-refractivity contribution in [3.63, 3.8) is 0 Å². The van der Waals surface area contributed by atoms with Gasteiger partial charge in [0.1, 0.15) is 11.9 Å². The summed E-state index contributed by atoms with van der Waals surface area (Å²) in [5.74, 6) is 1.13. The van der Waals surface area contributed by atoms with Gasteiger partial charge in [0, 0.05) is 12.4 Å². The normalized spacial score (nSPS) is 9.64. The number of nitrogen functional groups attached to an aromatic ring is 1. The van der Waals surface area contributed by atoms with Gasteiger partial charge < -0.3 is 5.73 Å². The van der Waals surface area contributed by atoms with Crippen molar-refractivity contribution >= 4 is 5.82 Å². The fourth-order valence-corrected chi connectivity index (χ4v) is 1.03. The minimum atomic E-state index is 0.268. The summed E-state index contributed by atoms with van der Waals surface area (Å²) in [5.41, 5.74) is 5.39. The lowest BCUT2D eigenvalue weighted by Gasteiger charge is -2.00. The van der Waals surface area contributed by atoms with Gasteiger partial charge in [-0.1, -0.05) is 0 Å². The van der Waals surface area contributed by atoms with Crippen molar-refractivity contribution in [2.24, 2.45) is 0 Å². The average molecular weight is 186 g/mol. The van der Waals surface area contributed by atoms with E-state index in [0.29, 0.717) is 11.6 Å². The topological polar surface area (TPSA) is 93.4 Å². The second-order valence-corrected chi connectivity index (χ2v) is 2.53. The van der Waals surface area contributed by atoms with Crippen molar-refractivity contribution < 1.29 is 0 Å². The summed E-state index contributed by atoms with van der Waals surface area (Å²) < 4.78 is 1.53. The standard InChI is InChI=1S/C8H6N6/c9-3-7-11-1-2-14(7)8-5-12-6(10)4-13-8/h1-2,4-5H,(H2,10,12). The number of imidazole rings is 1. The van der Waals surface area contributed by atoms with Gasteiger partial charge in [0.2, 0.25) is 5.82 Å². The first-order valence-electron chi connectivity index (χ1n) is 3.82. The molecule has 0 aromatic carbocycles. The highest BCUT2D eigenvalue weighted by Crippen LogP contribution is 2.06. The third kappa shape index (κ3) is 1.27. The van der Waals surface area contributed by atoms with Crippen LogP contribution < -0.4 is 5.73 Å². The average Bonchev–Trinajstić information content (AvgIpc) is 2.67. The van der Waals surface area contributed by atoms with Crippen LogP contribution in [0.15, 0.2) is 24.8 Å². The first-order chi connectivity index (χ1) is 6.81. The van der Waals surface area contributed by atoms with Crippen molar-refractivity contribution in [2.45, 2.75) is 0 Å². The van der Waals surface area contributed by atoms with Crippen LogP contribution >= 0.6 is 0 Å². The third-order valence-electron chi connectivity index (χ3n) is 1.65. The summed E-state index contributed by atoms with van der Waals surface area (Å²) in [6.45, 7) is 0. The molecule has 0 aliphatic rings. The van der Waals surface area contributed by atoms with Crippen LogP contribution in [0.5, 0.6) is 0 Å². The van der Waals surface area contributed by atoms with Gasteiger partial charge in [0.05, 0.1) is 12.4 Å². The number of rotatable bonds is 1. The molecule has 0 fully saturated rings. The second-order valence-electron chi connectivity index (χ2n) is 2.53. The molecule has 0 saturated carbocycles. The van der Waals surface area contributed by atoms with E-state index in [4.69, 9.17) is 11.0 Å². The Kier molecular flexibility index (Phi) is 1.84. The van der Waals surface area contributed by atoms with Gasteiger partial charge in [-0.15, -0.1) is 0 Å². The fraction of sp³-hybridized carbons (Fsp3) is 0. The summed E-state index contributed by atoms with van der Waals surface area (Å²) in [5, 5.41) is 8.72. The minimum absolute atomic E-state index is 0.268. The van der Waals surface area contributed by atoms with E-state index in [1.807, 2.05) is 6.07 Å². The zero-order chi connectivity index (χ0) is 9.97. The predicted molar refractivity (Wildman–Crippen MR) is 48.3 cm³/mol. The van der Waals surface area contributed by atoms with Gasteiger partial charge in [-0.3, -0.25) is 4.57 Å². The molecule has 14 heavy (non-hydrogen) atoms. The zero-order valence-corrected chi connectivity index (χ0v) is 7.12. The minimum Gasteiger partial charge on any atom is -0.382 e. The van der Waals surface area contributed by atoms with E-state index >= 15 is 0 Å². The second kappa shape index (κ2) is 3.14. The lowest BCUT2D eigenvalue weighted by atomic mass is 10.5. The Labute approximate surface area is 79.7 Å². The van der Waals surface area contributed by atoms with Crippen molar-refractivity contribution in [2.75, 3.05) is 5.73 Å². The Hall–Kier alpha value is -2.42. The highest BCUT2D eigenvalue weighted by molar-refractivity contribution is 5.31. The van der Waals surface area contributed by atoms with Crippen molar-refractivity contribution in [3.05, 3.63) is 30.6 Å². The van der Waals surface area contributed by atoms with Crippen molar-refractivity contribution in [3.8, 4) is 11.9 Å². The van der Waals surface area contributed by atoms with E-state index in [9.17, 15) is 0 Å². The molecule has 0 unspecified atom stereocenters. The van der Waals surface area contributed by atoms with Crippen molar-refractivity contribution in [1.29, 1.82) is 5.26 Å². The molecule has 68 valence electrons. The molecular weight excluding hydrogens is 180 g/mol. The fourth-order valence-electron chi connectivity index (χ4n) is 1.03. The van der Waals surface area contributed by atoms with Crippen LogP contribution in [0.25, 0.3) is 5.82 Å². The van der Waals surface area contributed by atoms with Gasteiger partial charge in [0.25, 0.3) is 0 Å². The third-order valence-corrected chi connectivity index (χ3v) is 1.65. The molecule has 0 aliphatic carbocycles. The quantitative estimate of drug-likeness (QED) is 0.682. The molecule has 2 rings (SSSR count). The summed E-state index contributed by atoms with van der Waals surface area (Å²) in [7, 11) is 0. The molecule has 2 aromatic rings. The number of anilines is 1. The molecule has 0 saturated heterocycles. The highest BCUT2D eigenvalue weighted by atomic mass is 15.1. The lowest BCUT2D eigenvalue weighted by Crippen LogP contribution is -2.01. The maximum atomic E-state index is 8.72. The number of aromatic nitrogens is 4. The SMILES string of the molecule is N#Cc1nccn1-c1cnc(N)cn1. The maximum absolute atomic E-state index is 8.72. The number of nitrogens with two attached hydrogens (primary N) is 1. The van der Waals surface area contributed by atoms with Gasteiger partial charge >= 0.3 is 0 Å². The van der Waals surface area contributed by atoms with Crippen LogP contribution in [0.2, 0.25) is 0 Å². The number of nitriles is 1. The van der Waals surface area contributed by atoms with Crippen LogP contribution in [0.1, 0.15) is 5.82 Å². The Balaban J connectivity index is 2.50. The largest absolute Gasteiger partial charge is 0.382 e. The first-order valence-corrected chi connectivity index (χ1v) is 3.82. The van der Waals surface area contributed by atoms with E-state index in [-0.39, 0.29) is 5.82 Å². The maximum Gasteiger partial charge on any atom is 0.218 e.